The number of carbonyl (C=O) groups excluding carboxylic acids is 1. The molecule has 3 nitrogen and oxygen atoms in total. The lowest BCUT2D eigenvalue weighted by atomic mass is 9.94. The van der Waals surface area contributed by atoms with Gasteiger partial charge in [-0.2, -0.15) is 0 Å². The van der Waals surface area contributed by atoms with Crippen LogP contribution in [-0.2, 0) is 9.47 Å². The molecule has 110 valence electrons. The summed E-state index contributed by atoms with van der Waals surface area (Å²) in [6.45, 7) is 7.52. The third-order valence-electron chi connectivity index (χ3n) is 3.41. The molecule has 20 heavy (non-hydrogen) atoms. The van der Waals surface area contributed by atoms with Crippen LogP contribution in [0.25, 0.3) is 0 Å². The minimum absolute atomic E-state index is 0.0364. The molecule has 1 fully saturated rings. The van der Waals surface area contributed by atoms with Gasteiger partial charge in [-0.1, -0.05) is 32.4 Å². The first-order valence-corrected chi connectivity index (χ1v) is 7.27. The maximum absolute atomic E-state index is 12.2. The molecule has 1 aromatic carbocycles. The molecule has 1 aromatic rings. The first-order valence-electron chi connectivity index (χ1n) is 6.89. The minimum Gasteiger partial charge on any atom is -0.352 e. The molecular weight excluding hydrogens is 276 g/mol. The van der Waals surface area contributed by atoms with Crippen molar-refractivity contribution in [2.75, 3.05) is 13.2 Å². The molecule has 0 aliphatic carbocycles. The van der Waals surface area contributed by atoms with E-state index >= 15 is 0 Å². The fourth-order valence-corrected chi connectivity index (χ4v) is 2.30. The number of hydrogen-bond donors (Lipinski definition) is 0. The summed E-state index contributed by atoms with van der Waals surface area (Å²) in [5.74, 6) is 0.125. The fourth-order valence-electron chi connectivity index (χ4n) is 2.18. The number of hydrogen-bond acceptors (Lipinski definition) is 3. The van der Waals surface area contributed by atoms with Gasteiger partial charge < -0.3 is 9.47 Å². The molecule has 0 radical (unpaired) electrons. The van der Waals surface area contributed by atoms with Crippen molar-refractivity contribution in [3.05, 3.63) is 34.9 Å². The van der Waals surface area contributed by atoms with Crippen molar-refractivity contribution in [3.8, 4) is 0 Å². The zero-order chi connectivity index (χ0) is 14.8. The molecule has 4 heteroatoms. The van der Waals surface area contributed by atoms with Crippen molar-refractivity contribution in [2.45, 2.75) is 33.5 Å². The molecule has 0 amide bonds. The van der Waals surface area contributed by atoms with Gasteiger partial charge in [-0.25, -0.2) is 0 Å². The quantitative estimate of drug-likeness (QED) is 0.789. The van der Waals surface area contributed by atoms with Crippen molar-refractivity contribution < 1.29 is 14.3 Å². The second kappa shape index (κ2) is 6.25. The van der Waals surface area contributed by atoms with Gasteiger partial charge in [-0.15, -0.1) is 0 Å². The van der Waals surface area contributed by atoms with Crippen molar-refractivity contribution in [3.63, 3.8) is 0 Å². The van der Waals surface area contributed by atoms with Crippen LogP contribution in [0.3, 0.4) is 0 Å². The lowest BCUT2D eigenvalue weighted by Gasteiger charge is -2.37. The van der Waals surface area contributed by atoms with Crippen molar-refractivity contribution in [1.82, 2.24) is 0 Å². The standard InChI is InChI=1S/C16H21ClO3/c1-11(15-19-9-16(2,3)10-20-15)8-14(18)12-4-6-13(17)7-5-12/h4-7,11,15H,8-10H2,1-3H3. The predicted octanol–water partition coefficient (Wildman–Crippen LogP) is 3.95. The maximum Gasteiger partial charge on any atom is 0.163 e. The normalized spacial score (nSPS) is 20.6. The molecule has 0 N–H and O–H groups in total. The highest BCUT2D eigenvalue weighted by Gasteiger charge is 2.32. The molecule has 0 spiro atoms. The van der Waals surface area contributed by atoms with Crippen LogP contribution in [0.1, 0.15) is 37.6 Å². The molecule has 1 atom stereocenters. The van der Waals surface area contributed by atoms with Crippen LogP contribution in [0.15, 0.2) is 24.3 Å². The molecule has 1 heterocycles. The van der Waals surface area contributed by atoms with Gasteiger partial charge in [-0.05, 0) is 24.3 Å². The van der Waals surface area contributed by atoms with Crippen LogP contribution < -0.4 is 0 Å². The Bertz CT molecular complexity index is 457. The molecule has 1 saturated heterocycles. The highest BCUT2D eigenvalue weighted by atomic mass is 35.5. The van der Waals surface area contributed by atoms with Crippen LogP contribution in [0, 0.1) is 11.3 Å². The van der Waals surface area contributed by atoms with E-state index in [9.17, 15) is 4.79 Å². The zero-order valence-electron chi connectivity index (χ0n) is 12.2. The Morgan fingerprint density at radius 1 is 1.30 bits per heavy atom. The molecule has 2 rings (SSSR count). The predicted molar refractivity (Wildman–Crippen MR) is 79.0 cm³/mol. The van der Waals surface area contributed by atoms with E-state index in [1.54, 1.807) is 24.3 Å². The van der Waals surface area contributed by atoms with Gasteiger partial charge >= 0.3 is 0 Å². The SMILES string of the molecule is CC(CC(=O)c1ccc(Cl)cc1)C1OCC(C)(C)CO1. The second-order valence-electron chi connectivity index (χ2n) is 6.27. The summed E-state index contributed by atoms with van der Waals surface area (Å²) in [5.41, 5.74) is 0.730. The first kappa shape index (κ1) is 15.5. The third-order valence-corrected chi connectivity index (χ3v) is 3.67. The van der Waals surface area contributed by atoms with E-state index < -0.39 is 0 Å². The number of ketones is 1. The number of ether oxygens (including phenoxy) is 2. The van der Waals surface area contributed by atoms with Gasteiger partial charge in [0.05, 0.1) is 13.2 Å². The molecule has 0 aromatic heterocycles. The van der Waals surface area contributed by atoms with Gasteiger partial charge in [0.2, 0.25) is 0 Å². The number of Topliss-reactive ketones (excluding diaryl/α,β-unsaturated/α-hetero) is 1. The Hall–Kier alpha value is -0.900. The van der Waals surface area contributed by atoms with Gasteiger partial charge in [-0.3, -0.25) is 4.79 Å². The van der Waals surface area contributed by atoms with E-state index in [1.807, 2.05) is 6.92 Å². The smallest absolute Gasteiger partial charge is 0.163 e. The lowest BCUT2D eigenvalue weighted by Crippen LogP contribution is -2.41. The van der Waals surface area contributed by atoms with E-state index in [4.69, 9.17) is 21.1 Å². The summed E-state index contributed by atoms with van der Waals surface area (Å²) in [7, 11) is 0. The first-order chi connectivity index (χ1) is 9.37. The largest absolute Gasteiger partial charge is 0.352 e. The molecule has 1 aliphatic heterocycles. The van der Waals surface area contributed by atoms with Crippen LogP contribution in [0.4, 0.5) is 0 Å². The molecule has 1 aliphatic rings. The van der Waals surface area contributed by atoms with Crippen LogP contribution >= 0.6 is 11.6 Å². The average Bonchev–Trinajstić information content (AvgIpc) is 2.39. The zero-order valence-corrected chi connectivity index (χ0v) is 12.9. The molecule has 0 bridgehead atoms. The van der Waals surface area contributed by atoms with E-state index in [0.29, 0.717) is 30.2 Å². The Morgan fingerprint density at radius 2 is 1.85 bits per heavy atom. The van der Waals surface area contributed by atoms with Gasteiger partial charge in [0, 0.05) is 28.3 Å². The van der Waals surface area contributed by atoms with Crippen molar-refractivity contribution in [2.24, 2.45) is 11.3 Å². The van der Waals surface area contributed by atoms with Crippen molar-refractivity contribution in [1.29, 1.82) is 0 Å². The van der Waals surface area contributed by atoms with Gasteiger partial charge in [0.1, 0.15) is 0 Å². The summed E-state index contributed by atoms with van der Waals surface area (Å²) < 4.78 is 11.4. The van der Waals surface area contributed by atoms with Gasteiger partial charge in [0.25, 0.3) is 0 Å². The van der Waals surface area contributed by atoms with Gasteiger partial charge in [0.15, 0.2) is 12.1 Å². The molecule has 1 unspecified atom stereocenters. The molecule has 0 saturated carbocycles. The Labute approximate surface area is 125 Å². The van der Waals surface area contributed by atoms with Crippen LogP contribution in [0.2, 0.25) is 5.02 Å². The Morgan fingerprint density at radius 3 is 2.40 bits per heavy atom. The number of benzene rings is 1. The Kier molecular flexibility index (Phi) is 4.84. The molecular formula is C16H21ClO3. The summed E-state index contributed by atoms with van der Waals surface area (Å²) in [5, 5.41) is 0.635. The highest BCUT2D eigenvalue weighted by Crippen LogP contribution is 2.27. The number of halogens is 1. The van der Waals surface area contributed by atoms with Crippen LogP contribution in [-0.4, -0.2) is 25.3 Å². The highest BCUT2D eigenvalue weighted by molar-refractivity contribution is 6.30. The van der Waals surface area contributed by atoms with E-state index in [2.05, 4.69) is 13.8 Å². The lowest BCUT2D eigenvalue weighted by molar-refractivity contribution is -0.240. The number of rotatable bonds is 4. The van der Waals surface area contributed by atoms with E-state index in [1.165, 1.54) is 0 Å². The summed E-state index contributed by atoms with van der Waals surface area (Å²) in [6.07, 6.45) is 0.117. The second-order valence-corrected chi connectivity index (χ2v) is 6.70. The third kappa shape index (κ3) is 4.05. The Balaban J connectivity index is 1.90. The van der Waals surface area contributed by atoms with Crippen LogP contribution in [0.5, 0.6) is 0 Å². The number of carbonyl (C=O) groups is 1. The van der Waals surface area contributed by atoms with Crippen molar-refractivity contribution >= 4 is 17.4 Å². The fraction of sp³-hybridized carbons (Fsp3) is 0.562. The maximum atomic E-state index is 12.2. The average molecular weight is 297 g/mol. The topological polar surface area (TPSA) is 35.5 Å². The minimum atomic E-state index is -0.292. The summed E-state index contributed by atoms with van der Waals surface area (Å²) in [6, 6.07) is 6.97. The van der Waals surface area contributed by atoms with E-state index in [0.717, 1.165) is 0 Å². The summed E-state index contributed by atoms with van der Waals surface area (Å²) >= 11 is 5.82. The van der Waals surface area contributed by atoms with E-state index in [-0.39, 0.29) is 23.4 Å². The summed E-state index contributed by atoms with van der Waals surface area (Å²) in [4.78, 5) is 12.2. The monoisotopic (exact) mass is 296 g/mol.